The van der Waals surface area contributed by atoms with Gasteiger partial charge in [0.15, 0.2) is 0 Å². The molecule has 3 saturated carbocycles. The van der Waals surface area contributed by atoms with E-state index in [1.165, 1.54) is 12.8 Å². The van der Waals surface area contributed by atoms with Crippen LogP contribution in [0.4, 0.5) is 0 Å². The molecular formula is C21H44BNO2S2. The van der Waals surface area contributed by atoms with E-state index in [1.54, 1.807) is 0 Å². The summed E-state index contributed by atoms with van der Waals surface area (Å²) in [4.78, 5) is 0. The number of nitrogens with zero attached hydrogens (tertiary/aromatic N) is 1. The summed E-state index contributed by atoms with van der Waals surface area (Å²) in [5.41, 5.74) is 0.297. The van der Waals surface area contributed by atoms with E-state index in [2.05, 4.69) is 75.9 Å². The third-order valence-electron chi connectivity index (χ3n) is 7.35. The van der Waals surface area contributed by atoms with E-state index in [9.17, 15) is 0 Å². The van der Waals surface area contributed by atoms with Crippen molar-refractivity contribution in [1.82, 2.24) is 3.71 Å². The molecule has 2 bridgehead atoms. The highest BCUT2D eigenvalue weighted by molar-refractivity contribution is 8.43. The first kappa shape index (κ1) is 22.3. The van der Waals surface area contributed by atoms with E-state index in [-0.39, 0.29) is 18.8 Å². The SMILES string of the molecule is CC(C)C[C@@H](B1O[C@@H]2C[C@@H]3C[C@@H](C3(C)C)[C@]2(C)O1)N(S(C)(C)C)S(C)(C)C. The molecule has 27 heavy (non-hydrogen) atoms. The fourth-order valence-corrected chi connectivity index (χ4v) is 13.7. The van der Waals surface area contributed by atoms with Gasteiger partial charge in [-0.15, -0.1) is 0 Å². The van der Waals surface area contributed by atoms with Crippen molar-refractivity contribution in [3.63, 3.8) is 0 Å². The molecule has 1 heterocycles. The van der Waals surface area contributed by atoms with Gasteiger partial charge in [-0.05, 0) is 86.9 Å². The minimum atomic E-state index is -0.873. The van der Waals surface area contributed by atoms with E-state index in [0.717, 1.165) is 12.3 Å². The molecule has 3 aliphatic carbocycles. The van der Waals surface area contributed by atoms with Crippen LogP contribution in [0.25, 0.3) is 0 Å². The smallest absolute Gasteiger partial charge is 0.404 e. The molecule has 4 fully saturated rings. The predicted molar refractivity (Wildman–Crippen MR) is 126 cm³/mol. The lowest BCUT2D eigenvalue weighted by atomic mass is 9.43. The van der Waals surface area contributed by atoms with E-state index >= 15 is 0 Å². The van der Waals surface area contributed by atoms with Crippen LogP contribution in [0.5, 0.6) is 0 Å². The minimum Gasteiger partial charge on any atom is -0.404 e. The lowest BCUT2D eigenvalue weighted by Gasteiger charge is -2.64. The van der Waals surface area contributed by atoms with Crippen LogP contribution in [-0.2, 0) is 9.31 Å². The van der Waals surface area contributed by atoms with Gasteiger partial charge in [0.05, 0.1) is 17.6 Å². The molecule has 0 amide bonds. The summed E-state index contributed by atoms with van der Waals surface area (Å²) in [6.07, 6.45) is 18.5. The molecule has 160 valence electrons. The number of hydrogen-bond donors (Lipinski definition) is 0. The van der Waals surface area contributed by atoms with E-state index in [0.29, 0.717) is 23.2 Å². The lowest BCUT2D eigenvalue weighted by Crippen LogP contribution is -2.65. The molecular weight excluding hydrogens is 373 g/mol. The first-order valence-electron chi connectivity index (χ1n) is 10.6. The third-order valence-corrected chi connectivity index (χ3v) is 12.7. The average Bonchev–Trinajstić information content (AvgIpc) is 2.79. The Kier molecular flexibility index (Phi) is 5.65. The normalized spacial score (nSPS) is 38.0. The van der Waals surface area contributed by atoms with Gasteiger partial charge in [-0.1, -0.05) is 27.7 Å². The van der Waals surface area contributed by atoms with Gasteiger partial charge in [0.25, 0.3) is 0 Å². The molecule has 0 aromatic rings. The molecule has 0 aromatic carbocycles. The van der Waals surface area contributed by atoms with Gasteiger partial charge in [0.2, 0.25) is 0 Å². The molecule has 0 unspecified atom stereocenters. The van der Waals surface area contributed by atoms with Crippen LogP contribution in [0.2, 0.25) is 0 Å². The maximum atomic E-state index is 6.94. The Morgan fingerprint density at radius 2 is 1.56 bits per heavy atom. The van der Waals surface area contributed by atoms with Crippen molar-refractivity contribution in [2.45, 2.75) is 71.5 Å². The molecule has 0 N–H and O–H groups in total. The zero-order valence-electron chi connectivity index (χ0n) is 19.7. The summed E-state index contributed by atoms with van der Waals surface area (Å²) in [5, 5.41) is 0. The highest BCUT2D eigenvalue weighted by Crippen LogP contribution is 2.67. The van der Waals surface area contributed by atoms with Gasteiger partial charge in [-0.25, -0.2) is 3.71 Å². The Labute approximate surface area is 172 Å². The first-order chi connectivity index (χ1) is 12.1. The highest BCUT2D eigenvalue weighted by Gasteiger charge is 2.69. The molecule has 4 rings (SSSR count). The Balaban J connectivity index is 1.91. The Morgan fingerprint density at radius 1 is 1.00 bits per heavy atom. The largest absolute Gasteiger partial charge is 0.478 e. The molecule has 1 saturated heterocycles. The Hall–Kier alpha value is 0.645. The van der Waals surface area contributed by atoms with Crippen LogP contribution < -0.4 is 0 Å². The molecule has 6 heteroatoms. The van der Waals surface area contributed by atoms with Gasteiger partial charge in [0, 0.05) is 0 Å². The molecule has 0 radical (unpaired) electrons. The molecule has 5 atom stereocenters. The van der Waals surface area contributed by atoms with Crippen molar-refractivity contribution in [3.8, 4) is 0 Å². The zero-order valence-corrected chi connectivity index (χ0v) is 21.3. The molecule has 0 spiro atoms. The quantitative estimate of drug-likeness (QED) is 0.555. The monoisotopic (exact) mass is 417 g/mol. The Morgan fingerprint density at radius 3 is 2.00 bits per heavy atom. The molecule has 3 nitrogen and oxygen atoms in total. The molecule has 0 aromatic heterocycles. The summed E-state index contributed by atoms with van der Waals surface area (Å²) in [5.74, 6) is 2.42. The standard InChI is InChI=1S/C21H44BNO2S2/c1-15(2)12-19(23(26(6,7)8)27(9,10)11)22-24-18-14-16-13-17(20(16,3)4)21(18,5)25-22/h15-19H,12-14H2,1-11H3/t16-,17-,18+,19-,21-/m0/s1. The van der Waals surface area contributed by atoms with Crippen LogP contribution in [-0.4, -0.2) is 66.0 Å². The third kappa shape index (κ3) is 3.76. The maximum absolute atomic E-state index is 6.94. The second-order valence-corrected chi connectivity index (χ2v) is 20.0. The molecule has 4 aliphatic rings. The number of rotatable bonds is 6. The van der Waals surface area contributed by atoms with Gasteiger partial charge >= 0.3 is 7.12 Å². The summed E-state index contributed by atoms with van der Waals surface area (Å²) in [6, 6.07) is 0. The van der Waals surface area contributed by atoms with Crippen molar-refractivity contribution in [2.75, 3.05) is 37.5 Å². The summed E-state index contributed by atoms with van der Waals surface area (Å²) in [6.45, 7) is 11.9. The van der Waals surface area contributed by atoms with E-state index < -0.39 is 20.4 Å². The van der Waals surface area contributed by atoms with E-state index in [1.807, 2.05) is 0 Å². The summed E-state index contributed by atoms with van der Waals surface area (Å²) >= 11 is 0. The van der Waals surface area contributed by atoms with Crippen molar-refractivity contribution < 1.29 is 9.31 Å². The second kappa shape index (κ2) is 6.83. The fraction of sp³-hybridized carbons (Fsp3) is 1.00. The van der Waals surface area contributed by atoms with Crippen LogP contribution in [0.3, 0.4) is 0 Å². The van der Waals surface area contributed by atoms with E-state index in [4.69, 9.17) is 9.31 Å². The van der Waals surface area contributed by atoms with Crippen molar-refractivity contribution >= 4 is 27.5 Å². The summed E-state index contributed by atoms with van der Waals surface area (Å²) < 4.78 is 16.5. The van der Waals surface area contributed by atoms with Crippen LogP contribution in [0.15, 0.2) is 0 Å². The van der Waals surface area contributed by atoms with Gasteiger partial charge in [-0.2, -0.15) is 20.4 Å². The van der Waals surface area contributed by atoms with Gasteiger partial charge < -0.3 is 9.31 Å². The first-order valence-corrected chi connectivity index (χ1v) is 16.2. The van der Waals surface area contributed by atoms with Crippen molar-refractivity contribution in [3.05, 3.63) is 0 Å². The van der Waals surface area contributed by atoms with Gasteiger partial charge in [-0.3, -0.25) is 0 Å². The van der Waals surface area contributed by atoms with Crippen LogP contribution in [0.1, 0.15) is 53.9 Å². The minimum absolute atomic E-state index is 0.0870. The fourth-order valence-electron chi connectivity index (χ4n) is 6.33. The lowest BCUT2D eigenvalue weighted by molar-refractivity contribution is -0.199. The number of hydrogen-bond acceptors (Lipinski definition) is 3. The summed E-state index contributed by atoms with van der Waals surface area (Å²) in [7, 11) is -1.83. The van der Waals surface area contributed by atoms with Crippen LogP contribution >= 0.6 is 20.4 Å². The molecule has 1 aliphatic heterocycles. The Bertz CT molecular complexity index is 558. The predicted octanol–water partition coefficient (Wildman–Crippen LogP) is 5.19. The van der Waals surface area contributed by atoms with Crippen molar-refractivity contribution in [1.29, 1.82) is 0 Å². The topological polar surface area (TPSA) is 21.7 Å². The second-order valence-electron chi connectivity index (χ2n) is 11.9. The zero-order chi connectivity index (χ0) is 20.6. The van der Waals surface area contributed by atoms with Gasteiger partial charge in [0.1, 0.15) is 0 Å². The maximum Gasteiger partial charge on any atom is 0.478 e. The highest BCUT2D eigenvalue weighted by atomic mass is 32.3. The average molecular weight is 418 g/mol. The van der Waals surface area contributed by atoms with Crippen molar-refractivity contribution in [2.24, 2.45) is 23.2 Å². The van der Waals surface area contributed by atoms with Crippen LogP contribution in [0, 0.1) is 23.2 Å².